The lowest BCUT2D eigenvalue weighted by Crippen LogP contribution is -2.46. The first-order valence-electron chi connectivity index (χ1n) is 7.64. The van der Waals surface area contributed by atoms with E-state index in [0.29, 0.717) is 18.8 Å². The summed E-state index contributed by atoms with van der Waals surface area (Å²) in [7, 11) is 0. The molecule has 1 N–H and O–H groups in total. The van der Waals surface area contributed by atoms with Crippen molar-refractivity contribution < 1.29 is 9.59 Å². The highest BCUT2D eigenvalue weighted by atomic mass is 32.2. The number of likely N-dealkylation sites (N-methyl/N-ethyl adjacent to an activating group) is 1. The number of nitrogens with one attached hydrogen (secondary N) is 1. The van der Waals surface area contributed by atoms with Crippen molar-refractivity contribution in [2.45, 2.75) is 32.0 Å². The molecule has 124 valence electrons. The maximum Gasteiger partial charge on any atom is 0.272 e. The van der Waals surface area contributed by atoms with Gasteiger partial charge in [-0.05, 0) is 39.2 Å². The van der Waals surface area contributed by atoms with Gasteiger partial charge in [0.1, 0.15) is 6.04 Å². The minimum Gasteiger partial charge on any atom is -0.341 e. The number of nitrogens with zero attached hydrogens (tertiary/aromatic N) is 3. The molecule has 0 saturated heterocycles. The number of carbonyl (C=O) groups excluding carboxylic acids is 2. The van der Waals surface area contributed by atoms with Crippen LogP contribution in [0.1, 0.15) is 31.3 Å². The average Bonchev–Trinajstić information content (AvgIpc) is 2.94. The summed E-state index contributed by atoms with van der Waals surface area (Å²) in [5.41, 5.74) is 1.07. The zero-order valence-electron chi connectivity index (χ0n) is 13.9. The molecule has 0 radical (unpaired) electrons. The molecule has 23 heavy (non-hydrogen) atoms. The molecule has 0 saturated carbocycles. The van der Waals surface area contributed by atoms with Crippen LogP contribution in [0.15, 0.2) is 29.6 Å². The Balaban J connectivity index is 2.23. The number of carbonyl (C=O) groups is 2. The van der Waals surface area contributed by atoms with Gasteiger partial charge in [0.15, 0.2) is 10.9 Å². The predicted octanol–water partition coefficient (Wildman–Crippen LogP) is 2.04. The van der Waals surface area contributed by atoms with Crippen molar-refractivity contribution in [3.63, 3.8) is 0 Å². The normalized spacial score (nSPS) is 12.2. The third-order valence-electron chi connectivity index (χ3n) is 3.71. The molecule has 0 bridgehead atoms. The Morgan fingerprint density at radius 3 is 2.65 bits per heavy atom. The zero-order valence-corrected chi connectivity index (χ0v) is 14.7. The van der Waals surface area contributed by atoms with Crippen molar-refractivity contribution in [2.75, 3.05) is 19.3 Å². The summed E-state index contributed by atoms with van der Waals surface area (Å²) >= 11 is 1.47. The number of thioether (sulfide) groups is 1. The maximum atomic E-state index is 12.5. The first kappa shape index (κ1) is 17.3. The number of aromatic nitrogens is 2. The summed E-state index contributed by atoms with van der Waals surface area (Å²) in [6.07, 6.45) is 3.78. The summed E-state index contributed by atoms with van der Waals surface area (Å²) < 4.78 is 1.87. The van der Waals surface area contributed by atoms with Crippen molar-refractivity contribution in [1.29, 1.82) is 0 Å². The first-order chi connectivity index (χ1) is 11.0. The summed E-state index contributed by atoms with van der Waals surface area (Å²) in [6, 6.07) is 5.02. The number of fused-ring (bicyclic) bond motifs is 1. The van der Waals surface area contributed by atoms with E-state index in [-0.39, 0.29) is 11.8 Å². The minimum absolute atomic E-state index is 0.0862. The molecule has 0 aliphatic carbocycles. The summed E-state index contributed by atoms with van der Waals surface area (Å²) in [4.78, 5) is 30.9. The van der Waals surface area contributed by atoms with Crippen molar-refractivity contribution >= 4 is 29.1 Å². The third kappa shape index (κ3) is 3.50. The van der Waals surface area contributed by atoms with E-state index in [0.717, 1.165) is 10.7 Å². The van der Waals surface area contributed by atoms with Crippen LogP contribution in [0, 0.1) is 0 Å². The highest BCUT2D eigenvalue weighted by Crippen LogP contribution is 2.19. The quantitative estimate of drug-likeness (QED) is 0.821. The molecule has 2 amide bonds. The van der Waals surface area contributed by atoms with Crippen LogP contribution in [0.5, 0.6) is 0 Å². The molecule has 0 aromatic carbocycles. The van der Waals surface area contributed by atoms with Crippen LogP contribution in [-0.4, -0.2) is 51.5 Å². The zero-order chi connectivity index (χ0) is 17.0. The fourth-order valence-corrected chi connectivity index (χ4v) is 3.00. The summed E-state index contributed by atoms with van der Waals surface area (Å²) in [5.74, 6) is -0.418. The molecule has 2 aromatic rings. The van der Waals surface area contributed by atoms with E-state index in [1.807, 2.05) is 48.9 Å². The highest BCUT2D eigenvalue weighted by molar-refractivity contribution is 7.98. The number of amides is 2. The lowest BCUT2D eigenvalue weighted by Gasteiger charge is -2.23. The van der Waals surface area contributed by atoms with Crippen LogP contribution in [0.2, 0.25) is 0 Å². The molecule has 0 spiro atoms. The molecular weight excluding hydrogens is 312 g/mol. The van der Waals surface area contributed by atoms with Gasteiger partial charge in [-0.3, -0.25) is 14.0 Å². The number of hydrogen-bond acceptors (Lipinski definition) is 4. The van der Waals surface area contributed by atoms with E-state index in [2.05, 4.69) is 10.3 Å². The van der Waals surface area contributed by atoms with Gasteiger partial charge in [0.25, 0.3) is 5.91 Å². The Labute approximate surface area is 140 Å². The highest BCUT2D eigenvalue weighted by Gasteiger charge is 2.23. The fraction of sp³-hybridized carbons (Fsp3) is 0.438. The van der Waals surface area contributed by atoms with E-state index >= 15 is 0 Å². The van der Waals surface area contributed by atoms with Crippen LogP contribution >= 0.6 is 11.8 Å². The molecule has 6 nitrogen and oxygen atoms in total. The Morgan fingerprint density at radius 1 is 1.35 bits per heavy atom. The SMILES string of the molecule is CCN(CC)C(=O)[C@H](C)NC(=O)c1nc(SC)n2ccccc12. The van der Waals surface area contributed by atoms with E-state index in [1.54, 1.807) is 11.8 Å². The van der Waals surface area contributed by atoms with Crippen molar-refractivity contribution in [3.8, 4) is 0 Å². The smallest absolute Gasteiger partial charge is 0.272 e. The standard InChI is InChI=1S/C16H22N4O2S/c1-5-19(6-2)15(22)11(3)17-14(21)13-12-9-7-8-10-20(12)16(18-13)23-4/h7-11H,5-6H2,1-4H3,(H,17,21)/t11-/m0/s1. The van der Waals surface area contributed by atoms with E-state index in [9.17, 15) is 9.59 Å². The van der Waals surface area contributed by atoms with Gasteiger partial charge >= 0.3 is 0 Å². The molecule has 0 aliphatic heterocycles. The van der Waals surface area contributed by atoms with Gasteiger partial charge in [-0.25, -0.2) is 4.98 Å². The van der Waals surface area contributed by atoms with Crippen LogP contribution in [0.4, 0.5) is 0 Å². The lowest BCUT2D eigenvalue weighted by atomic mass is 10.2. The van der Waals surface area contributed by atoms with Gasteiger partial charge in [0, 0.05) is 19.3 Å². The van der Waals surface area contributed by atoms with E-state index in [4.69, 9.17) is 0 Å². The molecule has 0 aliphatic rings. The van der Waals surface area contributed by atoms with E-state index < -0.39 is 6.04 Å². The van der Waals surface area contributed by atoms with Gasteiger partial charge < -0.3 is 10.2 Å². The topological polar surface area (TPSA) is 66.7 Å². The molecular formula is C16H22N4O2S. The molecule has 0 fully saturated rings. The van der Waals surface area contributed by atoms with Crippen molar-refractivity contribution in [1.82, 2.24) is 19.6 Å². The molecule has 7 heteroatoms. The van der Waals surface area contributed by atoms with E-state index in [1.165, 1.54) is 11.8 Å². The molecule has 1 atom stereocenters. The largest absolute Gasteiger partial charge is 0.341 e. The molecule has 2 aromatic heterocycles. The van der Waals surface area contributed by atoms with Crippen LogP contribution in [-0.2, 0) is 4.79 Å². The van der Waals surface area contributed by atoms with Crippen molar-refractivity contribution in [2.24, 2.45) is 0 Å². The second-order valence-electron chi connectivity index (χ2n) is 5.11. The molecule has 0 unspecified atom stereocenters. The van der Waals surface area contributed by atoms with Gasteiger partial charge in [0.2, 0.25) is 5.91 Å². The number of imidazole rings is 1. The molecule has 2 heterocycles. The van der Waals surface area contributed by atoms with Crippen molar-refractivity contribution in [3.05, 3.63) is 30.1 Å². The van der Waals surface area contributed by atoms with Gasteiger partial charge in [0.05, 0.1) is 5.52 Å². The fourth-order valence-electron chi connectivity index (χ4n) is 2.46. The first-order valence-corrected chi connectivity index (χ1v) is 8.86. The Bertz CT molecular complexity index is 709. The lowest BCUT2D eigenvalue weighted by molar-refractivity contribution is -0.132. The number of rotatable bonds is 6. The monoisotopic (exact) mass is 334 g/mol. The summed E-state index contributed by atoms with van der Waals surface area (Å²) in [5, 5.41) is 3.50. The van der Waals surface area contributed by atoms with Gasteiger partial charge in [-0.15, -0.1) is 0 Å². The Morgan fingerprint density at radius 2 is 2.04 bits per heavy atom. The molecule has 2 rings (SSSR count). The number of hydrogen-bond donors (Lipinski definition) is 1. The van der Waals surface area contributed by atoms with Crippen LogP contribution in [0.3, 0.4) is 0 Å². The second-order valence-corrected chi connectivity index (χ2v) is 5.88. The van der Waals surface area contributed by atoms with Gasteiger partial charge in [-0.2, -0.15) is 0 Å². The minimum atomic E-state index is -0.583. The van der Waals surface area contributed by atoms with Crippen LogP contribution < -0.4 is 5.32 Å². The second kappa shape index (κ2) is 7.50. The Kier molecular flexibility index (Phi) is 5.65. The van der Waals surface area contributed by atoms with Gasteiger partial charge in [-0.1, -0.05) is 17.8 Å². The Hall–Kier alpha value is -2.02. The summed E-state index contributed by atoms with van der Waals surface area (Å²) in [6.45, 7) is 6.79. The maximum absolute atomic E-state index is 12.5. The number of pyridine rings is 1. The predicted molar refractivity (Wildman–Crippen MR) is 91.8 cm³/mol. The average molecular weight is 334 g/mol. The third-order valence-corrected chi connectivity index (χ3v) is 4.36. The van der Waals surface area contributed by atoms with Crippen LogP contribution in [0.25, 0.3) is 5.52 Å².